The number of methoxy groups -OCH3 is 1. The molecule has 136 valence electrons. The largest absolute Gasteiger partial charge is 0.497 e. The van der Waals surface area contributed by atoms with Crippen LogP contribution in [0.4, 0.5) is 5.69 Å². The molecule has 1 aliphatic heterocycles. The molecule has 0 saturated carbocycles. The first-order valence-corrected chi connectivity index (χ1v) is 8.77. The van der Waals surface area contributed by atoms with Gasteiger partial charge in [0.2, 0.25) is 11.8 Å². The van der Waals surface area contributed by atoms with E-state index in [-0.39, 0.29) is 24.2 Å². The van der Waals surface area contributed by atoms with Gasteiger partial charge in [-0.25, -0.2) is 0 Å². The zero-order valence-electron chi connectivity index (χ0n) is 15.4. The molecule has 1 fully saturated rings. The zero-order chi connectivity index (χ0) is 18.7. The summed E-state index contributed by atoms with van der Waals surface area (Å²) in [5.41, 5.74) is 4.12. The van der Waals surface area contributed by atoms with E-state index < -0.39 is 0 Å². The minimum absolute atomic E-state index is 0.00305. The van der Waals surface area contributed by atoms with Gasteiger partial charge in [0.15, 0.2) is 0 Å². The third kappa shape index (κ3) is 3.72. The number of hydrogen-bond acceptors (Lipinski definition) is 3. The fourth-order valence-electron chi connectivity index (χ4n) is 3.22. The highest BCUT2D eigenvalue weighted by atomic mass is 16.5. The number of carbonyl (C=O) groups is 2. The SMILES string of the molecule is COc1ccc(CNC(=O)C2CC(=O)N(c3cccc(C)c3C)C2)cc1. The van der Waals surface area contributed by atoms with E-state index >= 15 is 0 Å². The first-order valence-electron chi connectivity index (χ1n) is 8.77. The molecule has 0 spiro atoms. The van der Waals surface area contributed by atoms with Crippen molar-refractivity contribution in [3.05, 3.63) is 59.2 Å². The summed E-state index contributed by atoms with van der Waals surface area (Å²) in [5, 5.41) is 2.94. The van der Waals surface area contributed by atoms with E-state index in [9.17, 15) is 9.59 Å². The van der Waals surface area contributed by atoms with E-state index in [2.05, 4.69) is 5.32 Å². The van der Waals surface area contributed by atoms with Crippen LogP contribution in [0.2, 0.25) is 0 Å². The summed E-state index contributed by atoms with van der Waals surface area (Å²) in [6.07, 6.45) is 0.252. The van der Waals surface area contributed by atoms with Crippen LogP contribution in [0.5, 0.6) is 5.75 Å². The van der Waals surface area contributed by atoms with Crippen LogP contribution in [-0.4, -0.2) is 25.5 Å². The molecule has 2 aromatic carbocycles. The van der Waals surface area contributed by atoms with Gasteiger partial charge in [0.05, 0.1) is 13.0 Å². The van der Waals surface area contributed by atoms with Crippen molar-refractivity contribution in [2.45, 2.75) is 26.8 Å². The topological polar surface area (TPSA) is 58.6 Å². The molecular weight excluding hydrogens is 328 g/mol. The van der Waals surface area contributed by atoms with Crippen molar-refractivity contribution in [1.82, 2.24) is 5.32 Å². The second kappa shape index (κ2) is 7.60. The van der Waals surface area contributed by atoms with Crippen molar-refractivity contribution < 1.29 is 14.3 Å². The van der Waals surface area contributed by atoms with Gasteiger partial charge in [-0.1, -0.05) is 24.3 Å². The highest BCUT2D eigenvalue weighted by molar-refractivity contribution is 6.00. The van der Waals surface area contributed by atoms with Crippen molar-refractivity contribution in [2.24, 2.45) is 5.92 Å². The average Bonchev–Trinajstić information content (AvgIpc) is 3.04. The Bertz CT molecular complexity index is 815. The Balaban J connectivity index is 1.62. The van der Waals surface area contributed by atoms with Crippen LogP contribution in [0.15, 0.2) is 42.5 Å². The molecule has 0 aliphatic carbocycles. The third-order valence-corrected chi connectivity index (χ3v) is 4.99. The molecule has 2 amide bonds. The zero-order valence-corrected chi connectivity index (χ0v) is 15.4. The Labute approximate surface area is 154 Å². The molecule has 2 aromatic rings. The normalized spacial score (nSPS) is 16.7. The minimum atomic E-state index is -0.319. The number of carbonyl (C=O) groups excluding carboxylic acids is 2. The van der Waals surface area contributed by atoms with Crippen LogP contribution < -0.4 is 15.0 Å². The lowest BCUT2D eigenvalue weighted by molar-refractivity contribution is -0.126. The van der Waals surface area contributed by atoms with Gasteiger partial charge in [-0.2, -0.15) is 0 Å². The van der Waals surface area contributed by atoms with Crippen LogP contribution in [0.3, 0.4) is 0 Å². The lowest BCUT2D eigenvalue weighted by atomic mass is 10.1. The van der Waals surface area contributed by atoms with Gasteiger partial charge >= 0.3 is 0 Å². The summed E-state index contributed by atoms with van der Waals surface area (Å²) in [6.45, 7) is 4.90. The summed E-state index contributed by atoms with van der Waals surface area (Å²) in [4.78, 5) is 26.7. The maximum Gasteiger partial charge on any atom is 0.227 e. The molecule has 1 atom stereocenters. The molecule has 26 heavy (non-hydrogen) atoms. The molecule has 1 saturated heterocycles. The van der Waals surface area contributed by atoms with Crippen LogP contribution >= 0.6 is 0 Å². The Hall–Kier alpha value is -2.82. The van der Waals surface area contributed by atoms with E-state index in [1.807, 2.05) is 56.3 Å². The van der Waals surface area contributed by atoms with Crippen molar-refractivity contribution in [2.75, 3.05) is 18.6 Å². The Morgan fingerprint density at radius 2 is 1.92 bits per heavy atom. The van der Waals surface area contributed by atoms with Gasteiger partial charge in [0.1, 0.15) is 5.75 Å². The second-order valence-corrected chi connectivity index (χ2v) is 6.69. The van der Waals surface area contributed by atoms with Crippen molar-refractivity contribution >= 4 is 17.5 Å². The summed E-state index contributed by atoms with van der Waals surface area (Å²) in [5.74, 6) is 0.386. The van der Waals surface area contributed by atoms with Gasteiger partial charge < -0.3 is 15.0 Å². The van der Waals surface area contributed by atoms with E-state index in [1.54, 1.807) is 12.0 Å². The van der Waals surface area contributed by atoms with Gasteiger partial charge in [-0.15, -0.1) is 0 Å². The van der Waals surface area contributed by atoms with Crippen molar-refractivity contribution in [3.8, 4) is 5.75 Å². The number of hydrogen-bond donors (Lipinski definition) is 1. The monoisotopic (exact) mass is 352 g/mol. The molecule has 0 bridgehead atoms. The van der Waals surface area contributed by atoms with Gasteiger partial charge in [0, 0.05) is 25.2 Å². The Morgan fingerprint density at radius 1 is 1.19 bits per heavy atom. The summed E-state index contributed by atoms with van der Waals surface area (Å²) in [6, 6.07) is 13.5. The maximum absolute atomic E-state index is 12.5. The lowest BCUT2D eigenvalue weighted by Crippen LogP contribution is -2.32. The predicted molar refractivity (Wildman–Crippen MR) is 101 cm³/mol. The van der Waals surface area contributed by atoms with Crippen molar-refractivity contribution in [1.29, 1.82) is 0 Å². The number of nitrogens with one attached hydrogen (secondary N) is 1. The number of aryl methyl sites for hydroxylation is 1. The second-order valence-electron chi connectivity index (χ2n) is 6.69. The number of benzene rings is 2. The van der Waals surface area contributed by atoms with Crippen LogP contribution in [0, 0.1) is 19.8 Å². The van der Waals surface area contributed by atoms with Gasteiger partial charge in [0.25, 0.3) is 0 Å². The molecule has 1 N–H and O–H groups in total. The Morgan fingerprint density at radius 3 is 2.62 bits per heavy atom. The van der Waals surface area contributed by atoms with Crippen LogP contribution in [0.1, 0.15) is 23.1 Å². The highest BCUT2D eigenvalue weighted by Gasteiger charge is 2.35. The summed E-state index contributed by atoms with van der Waals surface area (Å²) >= 11 is 0. The number of anilines is 1. The van der Waals surface area contributed by atoms with E-state index in [0.717, 1.165) is 28.1 Å². The number of amides is 2. The van der Waals surface area contributed by atoms with Crippen molar-refractivity contribution in [3.63, 3.8) is 0 Å². The van der Waals surface area contributed by atoms with E-state index in [1.165, 1.54) is 0 Å². The highest BCUT2D eigenvalue weighted by Crippen LogP contribution is 2.29. The standard InChI is InChI=1S/C21H24N2O3/c1-14-5-4-6-19(15(14)2)23-13-17(11-20(23)24)21(25)22-12-16-7-9-18(26-3)10-8-16/h4-10,17H,11-13H2,1-3H3,(H,22,25). The first-order chi connectivity index (χ1) is 12.5. The molecule has 5 nitrogen and oxygen atoms in total. The smallest absolute Gasteiger partial charge is 0.227 e. The molecule has 3 rings (SSSR count). The molecule has 0 radical (unpaired) electrons. The molecule has 0 aromatic heterocycles. The average molecular weight is 352 g/mol. The number of rotatable bonds is 5. The minimum Gasteiger partial charge on any atom is -0.497 e. The van der Waals surface area contributed by atoms with Crippen LogP contribution in [0.25, 0.3) is 0 Å². The number of nitrogens with zero attached hydrogens (tertiary/aromatic N) is 1. The fourth-order valence-corrected chi connectivity index (χ4v) is 3.22. The molecular formula is C21H24N2O3. The molecule has 5 heteroatoms. The van der Waals surface area contributed by atoms with Gasteiger partial charge in [-0.05, 0) is 48.7 Å². The predicted octanol–water partition coefficient (Wildman–Crippen LogP) is 2.98. The Kier molecular flexibility index (Phi) is 5.26. The molecule has 1 heterocycles. The summed E-state index contributed by atoms with van der Waals surface area (Å²) < 4.78 is 5.13. The fraction of sp³-hybridized carbons (Fsp3) is 0.333. The van der Waals surface area contributed by atoms with Crippen LogP contribution in [-0.2, 0) is 16.1 Å². The maximum atomic E-state index is 12.5. The summed E-state index contributed by atoms with van der Waals surface area (Å²) in [7, 11) is 1.62. The quantitative estimate of drug-likeness (QED) is 0.900. The lowest BCUT2D eigenvalue weighted by Gasteiger charge is -2.20. The van der Waals surface area contributed by atoms with E-state index in [4.69, 9.17) is 4.74 Å². The van der Waals surface area contributed by atoms with Gasteiger partial charge in [-0.3, -0.25) is 9.59 Å². The third-order valence-electron chi connectivity index (χ3n) is 4.99. The first kappa shape index (κ1) is 18.0. The molecule has 1 aliphatic rings. The molecule has 1 unspecified atom stereocenters. The van der Waals surface area contributed by atoms with E-state index in [0.29, 0.717) is 13.1 Å². The number of ether oxygens (including phenoxy) is 1.